The van der Waals surface area contributed by atoms with E-state index >= 15 is 0 Å². The van der Waals surface area contributed by atoms with E-state index in [0.717, 1.165) is 33.1 Å². The van der Waals surface area contributed by atoms with Crippen molar-refractivity contribution in [2.75, 3.05) is 18.0 Å². The van der Waals surface area contributed by atoms with Crippen LogP contribution in [0, 0.1) is 0 Å². The number of hydrogen-bond donors (Lipinski definition) is 1. The van der Waals surface area contributed by atoms with Crippen LogP contribution >= 0.6 is 27.3 Å². The lowest BCUT2D eigenvalue weighted by Gasteiger charge is -2.16. The number of aromatic nitrogens is 1. The Balaban J connectivity index is 1.49. The molecule has 0 aliphatic carbocycles. The van der Waals surface area contributed by atoms with Crippen LogP contribution in [0.3, 0.4) is 0 Å². The van der Waals surface area contributed by atoms with Crippen LogP contribution in [-0.4, -0.2) is 24.0 Å². The van der Waals surface area contributed by atoms with Crippen LogP contribution in [0.25, 0.3) is 6.08 Å². The lowest BCUT2D eigenvalue weighted by atomic mass is 10.2. The van der Waals surface area contributed by atoms with Gasteiger partial charge >= 0.3 is 0 Å². The highest BCUT2D eigenvalue weighted by Crippen LogP contribution is 2.23. The SMILES string of the molecule is O=C(/C=C/c1ccc(Br)s1)NCc1ccc(N2CCCC2)nc1. The van der Waals surface area contributed by atoms with Gasteiger partial charge in [0.25, 0.3) is 0 Å². The minimum Gasteiger partial charge on any atom is -0.357 e. The Morgan fingerprint density at radius 2 is 2.13 bits per heavy atom. The van der Waals surface area contributed by atoms with Crippen molar-refractivity contribution >= 4 is 45.1 Å². The van der Waals surface area contributed by atoms with Crippen LogP contribution in [-0.2, 0) is 11.3 Å². The summed E-state index contributed by atoms with van der Waals surface area (Å²) in [7, 11) is 0. The molecule has 1 aliphatic rings. The third-order valence-corrected chi connectivity index (χ3v) is 5.29. The number of rotatable bonds is 5. The zero-order valence-electron chi connectivity index (χ0n) is 12.7. The Morgan fingerprint density at radius 3 is 2.78 bits per heavy atom. The van der Waals surface area contributed by atoms with Gasteiger partial charge in [0.2, 0.25) is 5.91 Å². The number of nitrogens with zero attached hydrogens (tertiary/aromatic N) is 2. The van der Waals surface area contributed by atoms with Crippen molar-refractivity contribution in [3.05, 3.63) is 50.8 Å². The number of carbonyl (C=O) groups excluding carboxylic acids is 1. The van der Waals surface area contributed by atoms with Crippen molar-refractivity contribution in [3.63, 3.8) is 0 Å². The van der Waals surface area contributed by atoms with E-state index in [4.69, 9.17) is 0 Å². The van der Waals surface area contributed by atoms with Gasteiger partial charge in [-0.3, -0.25) is 4.79 Å². The molecule has 3 heterocycles. The van der Waals surface area contributed by atoms with Gasteiger partial charge in [0.1, 0.15) is 5.82 Å². The number of carbonyl (C=O) groups is 1. The van der Waals surface area contributed by atoms with E-state index < -0.39 is 0 Å². The summed E-state index contributed by atoms with van der Waals surface area (Å²) in [6.07, 6.45) is 7.71. The predicted octanol–water partition coefficient (Wildman–Crippen LogP) is 3.84. The summed E-state index contributed by atoms with van der Waals surface area (Å²) in [5.74, 6) is 0.930. The molecule has 2 aromatic rings. The van der Waals surface area contributed by atoms with Gasteiger partial charge in [-0.2, -0.15) is 0 Å². The molecule has 3 rings (SSSR count). The number of anilines is 1. The number of nitrogens with one attached hydrogen (secondary N) is 1. The summed E-state index contributed by atoms with van der Waals surface area (Å²) < 4.78 is 1.06. The summed E-state index contributed by atoms with van der Waals surface area (Å²) >= 11 is 5.00. The number of thiophene rings is 1. The molecule has 1 saturated heterocycles. The number of halogens is 1. The summed E-state index contributed by atoms with van der Waals surface area (Å²) in [6, 6.07) is 8.00. The fourth-order valence-corrected chi connectivity index (χ4v) is 3.80. The van der Waals surface area contributed by atoms with E-state index in [2.05, 4.69) is 31.1 Å². The second-order valence-corrected chi connectivity index (χ2v) is 7.91. The van der Waals surface area contributed by atoms with Gasteiger partial charge in [0.15, 0.2) is 0 Å². The average Bonchev–Trinajstić information content (AvgIpc) is 3.23. The van der Waals surface area contributed by atoms with Crippen molar-refractivity contribution in [1.29, 1.82) is 0 Å². The van der Waals surface area contributed by atoms with Crippen molar-refractivity contribution in [1.82, 2.24) is 10.3 Å². The van der Waals surface area contributed by atoms with Gasteiger partial charge in [-0.05, 0) is 58.6 Å². The predicted molar refractivity (Wildman–Crippen MR) is 98.6 cm³/mol. The Kier molecular flexibility index (Phi) is 5.46. The number of amides is 1. The summed E-state index contributed by atoms with van der Waals surface area (Å²) in [5, 5.41) is 2.88. The van der Waals surface area contributed by atoms with Gasteiger partial charge in [0.05, 0.1) is 3.79 Å². The summed E-state index contributed by atoms with van der Waals surface area (Å²) in [4.78, 5) is 19.7. The molecule has 0 bridgehead atoms. The molecule has 4 nitrogen and oxygen atoms in total. The smallest absolute Gasteiger partial charge is 0.244 e. The Morgan fingerprint density at radius 1 is 1.30 bits per heavy atom. The topological polar surface area (TPSA) is 45.2 Å². The first-order valence-electron chi connectivity index (χ1n) is 7.62. The van der Waals surface area contributed by atoms with Gasteiger partial charge in [-0.25, -0.2) is 4.98 Å². The normalized spacial score (nSPS) is 14.6. The van der Waals surface area contributed by atoms with Gasteiger partial charge < -0.3 is 10.2 Å². The second-order valence-electron chi connectivity index (χ2n) is 5.41. The molecule has 0 radical (unpaired) electrons. The van der Waals surface area contributed by atoms with Crippen LogP contribution in [0.15, 0.2) is 40.3 Å². The molecule has 6 heteroatoms. The second kappa shape index (κ2) is 7.75. The Hall–Kier alpha value is -1.66. The zero-order chi connectivity index (χ0) is 16.1. The van der Waals surface area contributed by atoms with E-state index in [9.17, 15) is 4.79 Å². The van der Waals surface area contributed by atoms with E-state index in [1.165, 1.54) is 12.8 Å². The molecule has 120 valence electrons. The van der Waals surface area contributed by atoms with E-state index in [1.807, 2.05) is 36.5 Å². The maximum absolute atomic E-state index is 11.8. The molecular weight excluding hydrogens is 374 g/mol. The fraction of sp³-hybridized carbons (Fsp3) is 0.294. The standard InChI is InChI=1S/C17H18BrN3OS/c18-15-6-4-14(23-15)5-8-17(22)20-12-13-3-7-16(19-11-13)21-9-1-2-10-21/h3-8,11H,1-2,9-10,12H2,(H,20,22)/b8-5+. The van der Waals surface area contributed by atoms with Crippen molar-refractivity contribution in [2.45, 2.75) is 19.4 Å². The molecule has 0 atom stereocenters. The molecular formula is C17H18BrN3OS. The third kappa shape index (κ3) is 4.65. The van der Waals surface area contributed by atoms with E-state index in [0.29, 0.717) is 6.54 Å². The van der Waals surface area contributed by atoms with Gasteiger partial charge in [0, 0.05) is 36.8 Å². The minimum atomic E-state index is -0.0989. The number of hydrogen-bond acceptors (Lipinski definition) is 4. The summed E-state index contributed by atoms with van der Waals surface area (Å²) in [5.41, 5.74) is 1.01. The average molecular weight is 392 g/mol. The minimum absolute atomic E-state index is 0.0989. The van der Waals surface area contributed by atoms with Crippen LogP contribution in [0.1, 0.15) is 23.3 Å². The quantitative estimate of drug-likeness (QED) is 0.787. The van der Waals surface area contributed by atoms with E-state index in [1.54, 1.807) is 17.4 Å². The molecule has 23 heavy (non-hydrogen) atoms. The first kappa shape index (κ1) is 16.2. The molecule has 2 aromatic heterocycles. The lowest BCUT2D eigenvalue weighted by molar-refractivity contribution is -0.116. The molecule has 1 amide bonds. The molecule has 0 aromatic carbocycles. The van der Waals surface area contributed by atoms with Crippen LogP contribution < -0.4 is 10.2 Å². The van der Waals surface area contributed by atoms with Gasteiger partial charge in [-0.15, -0.1) is 11.3 Å². The third-order valence-electron chi connectivity index (χ3n) is 3.70. The fourth-order valence-electron chi connectivity index (χ4n) is 2.48. The highest BCUT2D eigenvalue weighted by molar-refractivity contribution is 9.11. The molecule has 0 unspecified atom stereocenters. The van der Waals surface area contributed by atoms with Crippen molar-refractivity contribution < 1.29 is 4.79 Å². The highest BCUT2D eigenvalue weighted by atomic mass is 79.9. The Labute approximate surface area is 148 Å². The molecule has 1 fully saturated rings. The first-order valence-corrected chi connectivity index (χ1v) is 9.23. The Bertz CT molecular complexity index is 690. The molecule has 1 N–H and O–H groups in total. The maximum Gasteiger partial charge on any atom is 0.244 e. The summed E-state index contributed by atoms with van der Waals surface area (Å²) in [6.45, 7) is 2.67. The van der Waals surface area contributed by atoms with Crippen molar-refractivity contribution in [2.24, 2.45) is 0 Å². The molecule has 1 aliphatic heterocycles. The lowest BCUT2D eigenvalue weighted by Crippen LogP contribution is -2.21. The molecule has 0 spiro atoms. The van der Waals surface area contributed by atoms with Crippen LogP contribution in [0.2, 0.25) is 0 Å². The van der Waals surface area contributed by atoms with Crippen LogP contribution in [0.4, 0.5) is 5.82 Å². The number of pyridine rings is 1. The zero-order valence-corrected chi connectivity index (χ0v) is 15.1. The molecule has 0 saturated carbocycles. The monoisotopic (exact) mass is 391 g/mol. The van der Waals surface area contributed by atoms with Crippen molar-refractivity contribution in [3.8, 4) is 0 Å². The van der Waals surface area contributed by atoms with E-state index in [-0.39, 0.29) is 5.91 Å². The van der Waals surface area contributed by atoms with Crippen LogP contribution in [0.5, 0.6) is 0 Å². The first-order chi connectivity index (χ1) is 11.2. The van der Waals surface area contributed by atoms with Gasteiger partial charge in [-0.1, -0.05) is 6.07 Å². The maximum atomic E-state index is 11.8. The largest absolute Gasteiger partial charge is 0.357 e. The highest BCUT2D eigenvalue weighted by Gasteiger charge is 2.12.